The first-order valence-corrected chi connectivity index (χ1v) is 7.96. The standard InChI is InChI=1S/C14H22N4OS/c1-14(2,19)11-17-5-3-16(4-6-17)9-12-10-18-7-8-20-13(18)15-12/h7-8,10,19H,3-6,9,11H2,1-2H3. The van der Waals surface area contributed by atoms with E-state index in [1.165, 1.54) is 0 Å². The normalized spacial score (nSPS) is 18.9. The van der Waals surface area contributed by atoms with Gasteiger partial charge in [-0.05, 0) is 13.8 Å². The monoisotopic (exact) mass is 294 g/mol. The summed E-state index contributed by atoms with van der Waals surface area (Å²) in [5.41, 5.74) is 0.545. The lowest BCUT2D eigenvalue weighted by molar-refractivity contribution is 0.0165. The van der Waals surface area contributed by atoms with Gasteiger partial charge in [0, 0.05) is 57.0 Å². The minimum absolute atomic E-state index is 0.601. The Morgan fingerprint density at radius 3 is 2.60 bits per heavy atom. The van der Waals surface area contributed by atoms with E-state index < -0.39 is 5.60 Å². The van der Waals surface area contributed by atoms with Gasteiger partial charge in [-0.3, -0.25) is 14.2 Å². The van der Waals surface area contributed by atoms with E-state index in [9.17, 15) is 5.11 Å². The molecular weight excluding hydrogens is 272 g/mol. The van der Waals surface area contributed by atoms with Crippen molar-refractivity contribution >= 4 is 16.3 Å². The van der Waals surface area contributed by atoms with Gasteiger partial charge < -0.3 is 5.11 Å². The van der Waals surface area contributed by atoms with E-state index in [2.05, 4.69) is 37.0 Å². The van der Waals surface area contributed by atoms with E-state index in [0.29, 0.717) is 0 Å². The van der Waals surface area contributed by atoms with Gasteiger partial charge in [-0.2, -0.15) is 0 Å². The predicted molar refractivity (Wildman–Crippen MR) is 81.1 cm³/mol. The summed E-state index contributed by atoms with van der Waals surface area (Å²) in [6.07, 6.45) is 4.17. The van der Waals surface area contributed by atoms with Crippen LogP contribution < -0.4 is 0 Å². The van der Waals surface area contributed by atoms with Crippen molar-refractivity contribution in [2.75, 3.05) is 32.7 Å². The maximum Gasteiger partial charge on any atom is 0.193 e. The van der Waals surface area contributed by atoms with Crippen LogP contribution in [0, 0.1) is 0 Å². The van der Waals surface area contributed by atoms with E-state index in [4.69, 9.17) is 0 Å². The van der Waals surface area contributed by atoms with Gasteiger partial charge in [-0.25, -0.2) is 4.98 Å². The molecule has 3 heterocycles. The third-order valence-electron chi connectivity index (χ3n) is 3.60. The quantitative estimate of drug-likeness (QED) is 0.923. The summed E-state index contributed by atoms with van der Waals surface area (Å²) in [4.78, 5) is 10.5. The molecule has 1 saturated heterocycles. The molecule has 0 unspecified atom stereocenters. The summed E-state index contributed by atoms with van der Waals surface area (Å²) in [5, 5.41) is 11.9. The SMILES string of the molecule is CC(C)(O)CN1CCN(Cc2cn3ccsc3n2)CC1. The van der Waals surface area contributed by atoms with Crippen molar-refractivity contribution in [2.24, 2.45) is 0 Å². The van der Waals surface area contributed by atoms with E-state index in [-0.39, 0.29) is 0 Å². The van der Waals surface area contributed by atoms with E-state index in [1.54, 1.807) is 11.3 Å². The van der Waals surface area contributed by atoms with Crippen molar-refractivity contribution in [1.29, 1.82) is 0 Å². The molecule has 0 bridgehead atoms. The largest absolute Gasteiger partial charge is 0.389 e. The molecule has 0 amide bonds. The lowest BCUT2D eigenvalue weighted by Crippen LogP contribution is -2.50. The Kier molecular flexibility index (Phi) is 3.81. The lowest BCUT2D eigenvalue weighted by Gasteiger charge is -2.37. The Morgan fingerprint density at radius 2 is 1.95 bits per heavy atom. The van der Waals surface area contributed by atoms with Gasteiger partial charge in [0.15, 0.2) is 4.96 Å². The highest BCUT2D eigenvalue weighted by Gasteiger charge is 2.23. The second-order valence-corrected chi connectivity index (χ2v) is 7.06. The highest BCUT2D eigenvalue weighted by molar-refractivity contribution is 7.15. The molecule has 1 fully saturated rings. The molecule has 1 N–H and O–H groups in total. The maximum absolute atomic E-state index is 9.86. The number of imidazole rings is 1. The molecule has 0 spiro atoms. The van der Waals surface area contributed by atoms with Crippen LogP contribution in [0.2, 0.25) is 0 Å². The molecular formula is C14H22N4OS. The lowest BCUT2D eigenvalue weighted by atomic mass is 10.1. The molecule has 0 aliphatic carbocycles. The van der Waals surface area contributed by atoms with Crippen LogP contribution in [0.1, 0.15) is 19.5 Å². The second-order valence-electron chi connectivity index (χ2n) is 6.19. The molecule has 6 heteroatoms. The molecule has 1 aliphatic heterocycles. The van der Waals surface area contributed by atoms with Gasteiger partial charge in [0.2, 0.25) is 0 Å². The van der Waals surface area contributed by atoms with Crippen LogP contribution in [-0.2, 0) is 6.54 Å². The number of β-amino-alcohol motifs (C(OH)–C–C–N with tert-alkyl or cyclic N) is 1. The van der Waals surface area contributed by atoms with Gasteiger partial charge in [0.1, 0.15) is 0 Å². The van der Waals surface area contributed by atoms with Crippen molar-refractivity contribution in [3.8, 4) is 0 Å². The average Bonchev–Trinajstić information content (AvgIpc) is 2.90. The topological polar surface area (TPSA) is 44.0 Å². The van der Waals surface area contributed by atoms with Crippen molar-refractivity contribution in [1.82, 2.24) is 19.2 Å². The molecule has 5 nitrogen and oxygen atoms in total. The van der Waals surface area contributed by atoms with Gasteiger partial charge >= 0.3 is 0 Å². The third kappa shape index (κ3) is 3.38. The summed E-state index contributed by atoms with van der Waals surface area (Å²) >= 11 is 1.67. The smallest absolute Gasteiger partial charge is 0.193 e. The second kappa shape index (κ2) is 5.44. The Bertz CT molecular complexity index is 534. The Hall–Kier alpha value is -0.950. The van der Waals surface area contributed by atoms with Crippen molar-refractivity contribution in [3.05, 3.63) is 23.5 Å². The van der Waals surface area contributed by atoms with Gasteiger partial charge in [0.25, 0.3) is 0 Å². The number of hydrogen-bond donors (Lipinski definition) is 1. The van der Waals surface area contributed by atoms with Gasteiger partial charge in [-0.1, -0.05) is 0 Å². The number of hydrogen-bond acceptors (Lipinski definition) is 5. The minimum atomic E-state index is -0.601. The molecule has 110 valence electrons. The number of thiazole rings is 1. The molecule has 3 rings (SSSR count). The first kappa shape index (κ1) is 14.0. The first-order valence-electron chi connectivity index (χ1n) is 7.08. The predicted octanol–water partition coefficient (Wildman–Crippen LogP) is 1.28. The number of piperazine rings is 1. The number of nitrogens with zero attached hydrogens (tertiary/aromatic N) is 4. The van der Waals surface area contributed by atoms with Crippen LogP contribution in [-0.4, -0.2) is 62.6 Å². The van der Waals surface area contributed by atoms with Crippen LogP contribution in [0.5, 0.6) is 0 Å². The maximum atomic E-state index is 9.86. The van der Waals surface area contributed by atoms with E-state index >= 15 is 0 Å². The Balaban J connectivity index is 1.52. The number of rotatable bonds is 4. The van der Waals surface area contributed by atoms with Crippen molar-refractivity contribution in [2.45, 2.75) is 26.0 Å². The highest BCUT2D eigenvalue weighted by Crippen LogP contribution is 2.14. The van der Waals surface area contributed by atoms with Crippen molar-refractivity contribution in [3.63, 3.8) is 0 Å². The number of fused-ring (bicyclic) bond motifs is 1. The van der Waals surface area contributed by atoms with Crippen molar-refractivity contribution < 1.29 is 5.11 Å². The minimum Gasteiger partial charge on any atom is -0.389 e. The molecule has 2 aromatic heterocycles. The average molecular weight is 294 g/mol. The Labute approximate surface area is 123 Å². The fourth-order valence-corrected chi connectivity index (χ4v) is 3.45. The number of aromatic nitrogens is 2. The zero-order valence-electron chi connectivity index (χ0n) is 12.1. The van der Waals surface area contributed by atoms with E-state index in [0.717, 1.165) is 49.9 Å². The summed E-state index contributed by atoms with van der Waals surface area (Å²) in [6, 6.07) is 0. The molecule has 2 aromatic rings. The summed E-state index contributed by atoms with van der Waals surface area (Å²) in [7, 11) is 0. The summed E-state index contributed by atoms with van der Waals surface area (Å²) < 4.78 is 2.09. The molecule has 0 aromatic carbocycles. The molecule has 1 aliphatic rings. The number of aliphatic hydroxyl groups is 1. The zero-order valence-corrected chi connectivity index (χ0v) is 12.9. The van der Waals surface area contributed by atoms with Crippen LogP contribution >= 0.6 is 11.3 Å². The summed E-state index contributed by atoms with van der Waals surface area (Å²) in [6.45, 7) is 9.54. The van der Waals surface area contributed by atoms with Gasteiger partial charge in [0.05, 0.1) is 11.3 Å². The zero-order chi connectivity index (χ0) is 14.2. The van der Waals surface area contributed by atoms with Gasteiger partial charge in [-0.15, -0.1) is 11.3 Å². The van der Waals surface area contributed by atoms with Crippen LogP contribution in [0.15, 0.2) is 17.8 Å². The van der Waals surface area contributed by atoms with E-state index in [1.807, 2.05) is 13.8 Å². The fourth-order valence-electron chi connectivity index (χ4n) is 2.73. The summed E-state index contributed by atoms with van der Waals surface area (Å²) in [5.74, 6) is 0. The molecule has 0 radical (unpaired) electrons. The third-order valence-corrected chi connectivity index (χ3v) is 4.37. The molecule has 0 atom stereocenters. The first-order chi connectivity index (χ1) is 9.49. The van der Waals surface area contributed by atoms with Crippen LogP contribution in [0.4, 0.5) is 0 Å². The fraction of sp³-hybridized carbons (Fsp3) is 0.643. The Morgan fingerprint density at radius 1 is 1.25 bits per heavy atom. The molecule has 0 saturated carbocycles. The van der Waals surface area contributed by atoms with Crippen LogP contribution in [0.25, 0.3) is 4.96 Å². The van der Waals surface area contributed by atoms with Crippen LogP contribution in [0.3, 0.4) is 0 Å². The highest BCUT2D eigenvalue weighted by atomic mass is 32.1. The molecule has 20 heavy (non-hydrogen) atoms.